The smallest absolute Gasteiger partial charge is 0.337 e. The largest absolute Gasteiger partial charge is 0.462 e. The Bertz CT molecular complexity index is 846. The van der Waals surface area contributed by atoms with Gasteiger partial charge in [-0.15, -0.1) is 0 Å². The van der Waals surface area contributed by atoms with Crippen LogP contribution in [0.25, 0.3) is 6.08 Å². The highest BCUT2D eigenvalue weighted by Crippen LogP contribution is 2.12. The third-order valence-corrected chi connectivity index (χ3v) is 4.37. The Morgan fingerprint density at radius 3 is 2.36 bits per heavy atom. The second kappa shape index (κ2) is 16.2. The molecule has 0 saturated carbocycles. The predicted molar refractivity (Wildman–Crippen MR) is 126 cm³/mol. The topological polar surface area (TPSA) is 134 Å². The number of amides is 3. The molecule has 0 aromatic heterocycles. The molecule has 0 saturated heterocycles. The van der Waals surface area contributed by atoms with E-state index in [4.69, 9.17) is 9.84 Å². The van der Waals surface area contributed by atoms with E-state index in [1.54, 1.807) is 43.3 Å². The number of anilines is 1. The van der Waals surface area contributed by atoms with Gasteiger partial charge in [-0.1, -0.05) is 24.6 Å². The maximum absolute atomic E-state index is 12.0. The highest BCUT2D eigenvalue weighted by Gasteiger charge is 2.07. The number of aliphatic hydroxyl groups excluding tert-OH is 1. The number of benzene rings is 1. The first-order chi connectivity index (χ1) is 15.8. The van der Waals surface area contributed by atoms with Crippen LogP contribution in [0.3, 0.4) is 0 Å². The fourth-order valence-corrected chi connectivity index (χ4v) is 2.72. The monoisotopic (exact) mass is 459 g/mol. The van der Waals surface area contributed by atoms with Gasteiger partial charge in [0.05, 0.1) is 25.3 Å². The quantitative estimate of drug-likeness (QED) is 0.145. The maximum Gasteiger partial charge on any atom is 0.337 e. The van der Waals surface area contributed by atoms with E-state index in [-0.39, 0.29) is 43.1 Å². The van der Waals surface area contributed by atoms with Gasteiger partial charge in [-0.05, 0) is 49.6 Å². The van der Waals surface area contributed by atoms with Gasteiger partial charge in [-0.25, -0.2) is 4.79 Å². The second-order valence-corrected chi connectivity index (χ2v) is 7.14. The molecule has 9 nitrogen and oxygen atoms in total. The minimum Gasteiger partial charge on any atom is -0.462 e. The van der Waals surface area contributed by atoms with E-state index in [1.807, 2.05) is 0 Å². The number of aliphatic hydroxyl groups is 1. The fraction of sp³-hybridized carbons (Fsp3) is 0.417. The van der Waals surface area contributed by atoms with Crippen molar-refractivity contribution in [3.8, 4) is 0 Å². The van der Waals surface area contributed by atoms with E-state index in [0.717, 1.165) is 18.4 Å². The van der Waals surface area contributed by atoms with Crippen molar-refractivity contribution < 1.29 is 29.0 Å². The fourth-order valence-electron chi connectivity index (χ4n) is 2.72. The third-order valence-electron chi connectivity index (χ3n) is 4.37. The molecule has 0 spiro atoms. The first-order valence-electron chi connectivity index (χ1n) is 10.9. The molecule has 4 N–H and O–H groups in total. The van der Waals surface area contributed by atoms with Crippen LogP contribution in [-0.4, -0.2) is 55.1 Å². The molecular weight excluding hydrogens is 426 g/mol. The standard InChI is InChI=1S/C24H33N3O6/c1-3-33-24(32)20(14-16-28)11-8-19-9-12-21(13-10-19)27-23(31)17-26-22(30)7-5-4-6-15-25-18(2)29/h8-14,28H,3-7,15-17H2,1-2H3,(H,25,29)(H,26,30)(H,27,31)/b11-8+,20-14+. The Balaban J connectivity index is 2.39. The van der Waals surface area contributed by atoms with Gasteiger partial charge in [0.15, 0.2) is 0 Å². The van der Waals surface area contributed by atoms with Gasteiger partial charge in [0.25, 0.3) is 0 Å². The van der Waals surface area contributed by atoms with E-state index in [2.05, 4.69) is 16.0 Å². The molecule has 0 fully saturated rings. The molecular formula is C24H33N3O6. The van der Waals surface area contributed by atoms with E-state index in [9.17, 15) is 19.2 Å². The van der Waals surface area contributed by atoms with E-state index >= 15 is 0 Å². The molecule has 0 unspecified atom stereocenters. The zero-order chi connectivity index (χ0) is 24.5. The van der Waals surface area contributed by atoms with Crippen LogP contribution in [0.5, 0.6) is 0 Å². The van der Waals surface area contributed by atoms with Crippen molar-refractivity contribution in [2.75, 3.05) is 31.6 Å². The minimum atomic E-state index is -0.515. The van der Waals surface area contributed by atoms with Crippen LogP contribution in [-0.2, 0) is 23.9 Å². The summed E-state index contributed by atoms with van der Waals surface area (Å²) >= 11 is 0. The Hall–Kier alpha value is -3.46. The van der Waals surface area contributed by atoms with Crippen LogP contribution in [0.1, 0.15) is 45.1 Å². The molecule has 0 radical (unpaired) electrons. The lowest BCUT2D eigenvalue weighted by Gasteiger charge is -2.08. The van der Waals surface area contributed by atoms with Crippen molar-refractivity contribution in [3.05, 3.63) is 47.6 Å². The molecule has 1 aromatic carbocycles. The number of unbranched alkanes of at least 4 members (excludes halogenated alkanes) is 2. The van der Waals surface area contributed by atoms with Crippen molar-refractivity contribution in [1.29, 1.82) is 0 Å². The maximum atomic E-state index is 12.0. The summed E-state index contributed by atoms with van der Waals surface area (Å²) in [6.07, 6.45) is 7.25. The summed E-state index contributed by atoms with van der Waals surface area (Å²) in [5, 5.41) is 17.0. The van der Waals surface area contributed by atoms with Crippen molar-refractivity contribution >= 4 is 35.5 Å². The number of hydrogen-bond acceptors (Lipinski definition) is 6. The zero-order valence-corrected chi connectivity index (χ0v) is 19.2. The van der Waals surface area contributed by atoms with Gasteiger partial charge in [0.1, 0.15) is 0 Å². The number of carbonyl (C=O) groups excluding carboxylic acids is 4. The number of esters is 1. The van der Waals surface area contributed by atoms with E-state index in [1.165, 1.54) is 13.0 Å². The Morgan fingerprint density at radius 1 is 1.00 bits per heavy atom. The van der Waals surface area contributed by atoms with Gasteiger partial charge in [0.2, 0.25) is 17.7 Å². The van der Waals surface area contributed by atoms with Crippen LogP contribution in [0.4, 0.5) is 5.69 Å². The van der Waals surface area contributed by atoms with Crippen LogP contribution < -0.4 is 16.0 Å². The molecule has 1 rings (SSSR count). The summed E-state index contributed by atoms with van der Waals surface area (Å²) in [6, 6.07) is 6.92. The molecule has 180 valence electrons. The van der Waals surface area contributed by atoms with Crippen LogP contribution in [0.2, 0.25) is 0 Å². The number of nitrogens with one attached hydrogen (secondary N) is 3. The summed E-state index contributed by atoms with van der Waals surface area (Å²) < 4.78 is 4.93. The first kappa shape index (κ1) is 27.6. The van der Waals surface area contributed by atoms with E-state index in [0.29, 0.717) is 25.1 Å². The summed E-state index contributed by atoms with van der Waals surface area (Å²) in [7, 11) is 0. The highest BCUT2D eigenvalue weighted by molar-refractivity contribution is 5.95. The van der Waals surface area contributed by atoms with E-state index < -0.39 is 5.97 Å². The zero-order valence-electron chi connectivity index (χ0n) is 19.2. The Labute approximate surface area is 194 Å². The summed E-state index contributed by atoms with van der Waals surface area (Å²) in [4.78, 5) is 46.4. The predicted octanol–water partition coefficient (Wildman–Crippen LogP) is 1.93. The summed E-state index contributed by atoms with van der Waals surface area (Å²) in [5.41, 5.74) is 1.61. The van der Waals surface area contributed by atoms with Gasteiger partial charge in [0, 0.05) is 25.6 Å². The molecule has 1 aromatic rings. The molecule has 33 heavy (non-hydrogen) atoms. The molecule has 3 amide bonds. The highest BCUT2D eigenvalue weighted by atomic mass is 16.5. The lowest BCUT2D eigenvalue weighted by atomic mass is 10.1. The third kappa shape index (κ3) is 12.9. The van der Waals surface area contributed by atoms with Crippen LogP contribution in [0.15, 0.2) is 42.0 Å². The molecule has 0 aliphatic rings. The van der Waals surface area contributed by atoms with Crippen molar-refractivity contribution in [3.63, 3.8) is 0 Å². The van der Waals surface area contributed by atoms with Crippen molar-refractivity contribution in [2.24, 2.45) is 0 Å². The molecule has 0 atom stereocenters. The summed E-state index contributed by atoms with van der Waals surface area (Å²) in [6.45, 7) is 3.60. The number of hydrogen-bond donors (Lipinski definition) is 4. The first-order valence-corrected chi connectivity index (χ1v) is 10.9. The molecule has 0 heterocycles. The number of ether oxygens (including phenoxy) is 1. The Kier molecular flexibility index (Phi) is 13.5. The van der Waals surface area contributed by atoms with Crippen LogP contribution >= 0.6 is 0 Å². The van der Waals surface area contributed by atoms with Gasteiger partial charge in [-0.2, -0.15) is 0 Å². The number of carbonyl (C=O) groups is 4. The lowest BCUT2D eigenvalue weighted by molar-refractivity contribution is -0.138. The molecule has 9 heteroatoms. The van der Waals surface area contributed by atoms with Crippen molar-refractivity contribution in [2.45, 2.75) is 39.5 Å². The minimum absolute atomic E-state index is 0.0665. The second-order valence-electron chi connectivity index (χ2n) is 7.14. The average molecular weight is 460 g/mol. The SMILES string of the molecule is CCOC(=O)C(/C=C/c1ccc(NC(=O)CNC(=O)CCCCCNC(C)=O)cc1)=C/CO. The normalized spacial score (nSPS) is 11.2. The Morgan fingerprint density at radius 2 is 1.73 bits per heavy atom. The summed E-state index contributed by atoms with van der Waals surface area (Å²) in [5.74, 6) is -1.12. The van der Waals surface area contributed by atoms with Gasteiger partial charge in [-0.3, -0.25) is 14.4 Å². The lowest BCUT2D eigenvalue weighted by Crippen LogP contribution is -2.32. The number of rotatable bonds is 14. The molecule has 0 aliphatic heterocycles. The van der Waals surface area contributed by atoms with Crippen LogP contribution in [0, 0.1) is 0 Å². The van der Waals surface area contributed by atoms with Crippen molar-refractivity contribution in [1.82, 2.24) is 10.6 Å². The molecule has 0 aliphatic carbocycles. The molecule has 0 bridgehead atoms. The van der Waals surface area contributed by atoms with Gasteiger partial charge >= 0.3 is 5.97 Å². The average Bonchev–Trinajstić information content (AvgIpc) is 2.78. The van der Waals surface area contributed by atoms with Gasteiger partial charge < -0.3 is 25.8 Å².